The van der Waals surface area contributed by atoms with Crippen LogP contribution in [0, 0.1) is 0 Å². The second-order valence-electron chi connectivity index (χ2n) is 4.83. The minimum Gasteiger partial charge on any atom is -0.497 e. The van der Waals surface area contributed by atoms with Crippen LogP contribution in [-0.2, 0) is 10.0 Å². The van der Waals surface area contributed by atoms with Crippen molar-refractivity contribution < 1.29 is 31.1 Å². The summed E-state index contributed by atoms with van der Waals surface area (Å²) in [7, 11) is -2.63. The summed E-state index contributed by atoms with van der Waals surface area (Å²) in [6.45, 7) is -1.56. The second kappa shape index (κ2) is 7.40. The number of hydrogen-bond donors (Lipinski definition) is 1. The molecule has 0 amide bonds. The summed E-state index contributed by atoms with van der Waals surface area (Å²) in [5.41, 5.74) is -0.201. The van der Waals surface area contributed by atoms with E-state index in [9.17, 15) is 21.6 Å². The highest BCUT2D eigenvalue weighted by Crippen LogP contribution is 2.31. The van der Waals surface area contributed by atoms with E-state index in [0.717, 1.165) is 12.1 Å². The van der Waals surface area contributed by atoms with Crippen LogP contribution >= 0.6 is 11.6 Å². The maximum Gasteiger partial charge on any atom is 0.422 e. The molecule has 2 rings (SSSR count). The van der Waals surface area contributed by atoms with Gasteiger partial charge in [0.05, 0.1) is 17.7 Å². The third kappa shape index (κ3) is 5.43. The number of sulfonamides is 1. The van der Waals surface area contributed by atoms with Gasteiger partial charge in [-0.05, 0) is 42.5 Å². The molecule has 0 spiro atoms. The Hall–Kier alpha value is -2.13. The third-order valence-corrected chi connectivity index (χ3v) is 4.56. The zero-order chi connectivity index (χ0) is 18.7. The van der Waals surface area contributed by atoms with E-state index in [4.69, 9.17) is 16.3 Å². The molecule has 2 aromatic carbocycles. The molecule has 0 aromatic heterocycles. The normalized spacial score (nSPS) is 11.9. The first-order valence-electron chi connectivity index (χ1n) is 6.77. The Morgan fingerprint density at radius 3 is 2.32 bits per heavy atom. The fraction of sp³-hybridized carbons (Fsp3) is 0.200. The molecule has 5 nitrogen and oxygen atoms in total. The third-order valence-electron chi connectivity index (χ3n) is 2.95. The summed E-state index contributed by atoms with van der Waals surface area (Å²) in [5.74, 6) is 0.162. The van der Waals surface area contributed by atoms with E-state index < -0.39 is 22.8 Å². The maximum atomic E-state index is 12.4. The standard InChI is InChI=1S/C15H13ClF3NO4S/c1-23-11-3-5-12(6-4-11)25(21,22)20-13-8-10(16)2-7-14(13)24-9-15(17,18)19/h2-8,20H,9H2,1H3. The zero-order valence-corrected chi connectivity index (χ0v) is 14.4. The highest BCUT2D eigenvalue weighted by molar-refractivity contribution is 7.92. The van der Waals surface area contributed by atoms with Crippen molar-refractivity contribution in [1.82, 2.24) is 0 Å². The molecular weight excluding hydrogens is 383 g/mol. The van der Waals surface area contributed by atoms with Crippen molar-refractivity contribution in [2.45, 2.75) is 11.1 Å². The lowest BCUT2D eigenvalue weighted by Gasteiger charge is -2.15. The van der Waals surface area contributed by atoms with Gasteiger partial charge in [0.2, 0.25) is 0 Å². The van der Waals surface area contributed by atoms with Gasteiger partial charge >= 0.3 is 6.18 Å². The molecule has 136 valence electrons. The number of benzene rings is 2. The monoisotopic (exact) mass is 395 g/mol. The number of methoxy groups -OCH3 is 1. The average Bonchev–Trinajstić information content (AvgIpc) is 2.53. The van der Waals surface area contributed by atoms with Gasteiger partial charge in [0.25, 0.3) is 10.0 Å². The summed E-state index contributed by atoms with van der Waals surface area (Å²) in [5, 5.41) is 0.131. The van der Waals surface area contributed by atoms with E-state index in [1.807, 2.05) is 0 Å². The Kier molecular flexibility index (Phi) is 5.69. The van der Waals surface area contributed by atoms with Crippen molar-refractivity contribution in [3.8, 4) is 11.5 Å². The largest absolute Gasteiger partial charge is 0.497 e. The van der Waals surface area contributed by atoms with Gasteiger partial charge in [-0.2, -0.15) is 13.2 Å². The van der Waals surface area contributed by atoms with Crippen LogP contribution in [0.25, 0.3) is 0 Å². The van der Waals surface area contributed by atoms with E-state index >= 15 is 0 Å². The highest BCUT2D eigenvalue weighted by Gasteiger charge is 2.29. The van der Waals surface area contributed by atoms with Crippen molar-refractivity contribution in [3.63, 3.8) is 0 Å². The predicted octanol–water partition coefficient (Wildman–Crippen LogP) is 4.09. The fourth-order valence-electron chi connectivity index (χ4n) is 1.83. The molecule has 0 atom stereocenters. The number of hydrogen-bond acceptors (Lipinski definition) is 4. The maximum absolute atomic E-state index is 12.4. The van der Waals surface area contributed by atoms with Gasteiger partial charge in [-0.3, -0.25) is 4.72 Å². The first-order chi connectivity index (χ1) is 11.6. The number of anilines is 1. The number of alkyl halides is 3. The van der Waals surface area contributed by atoms with Crippen LogP contribution in [0.1, 0.15) is 0 Å². The number of rotatable bonds is 6. The van der Waals surface area contributed by atoms with Crippen LogP contribution in [0.2, 0.25) is 5.02 Å². The van der Waals surface area contributed by atoms with E-state index in [1.54, 1.807) is 0 Å². The van der Waals surface area contributed by atoms with Crippen LogP contribution in [0.3, 0.4) is 0 Å². The van der Waals surface area contributed by atoms with Crippen LogP contribution < -0.4 is 14.2 Å². The summed E-state index contributed by atoms with van der Waals surface area (Å²) in [6.07, 6.45) is -4.56. The number of nitrogens with one attached hydrogen (secondary N) is 1. The van der Waals surface area contributed by atoms with Gasteiger partial charge < -0.3 is 9.47 Å². The van der Waals surface area contributed by atoms with Crippen molar-refractivity contribution in [1.29, 1.82) is 0 Å². The lowest BCUT2D eigenvalue weighted by molar-refractivity contribution is -0.153. The first-order valence-corrected chi connectivity index (χ1v) is 8.63. The molecular formula is C15H13ClF3NO4S. The molecule has 10 heteroatoms. The van der Waals surface area contributed by atoms with Crippen molar-refractivity contribution >= 4 is 27.3 Å². The smallest absolute Gasteiger partial charge is 0.422 e. The van der Waals surface area contributed by atoms with Gasteiger partial charge in [0.15, 0.2) is 6.61 Å². The van der Waals surface area contributed by atoms with Crippen LogP contribution in [0.4, 0.5) is 18.9 Å². The Labute approximate surface area is 147 Å². The molecule has 0 unspecified atom stereocenters. The van der Waals surface area contributed by atoms with E-state index in [0.29, 0.717) is 5.75 Å². The predicted molar refractivity (Wildman–Crippen MR) is 86.8 cm³/mol. The average molecular weight is 396 g/mol. The van der Waals surface area contributed by atoms with Crippen LogP contribution in [0.15, 0.2) is 47.4 Å². The lowest BCUT2D eigenvalue weighted by atomic mass is 10.3. The molecule has 0 bridgehead atoms. The molecule has 0 saturated heterocycles. The van der Waals surface area contributed by atoms with Crippen LogP contribution in [-0.4, -0.2) is 28.3 Å². The molecule has 0 aliphatic rings. The number of halogens is 4. The van der Waals surface area contributed by atoms with Gasteiger partial charge in [0.1, 0.15) is 11.5 Å². The van der Waals surface area contributed by atoms with Crippen molar-refractivity contribution in [3.05, 3.63) is 47.5 Å². The molecule has 25 heavy (non-hydrogen) atoms. The molecule has 0 radical (unpaired) electrons. The molecule has 0 aliphatic heterocycles. The van der Waals surface area contributed by atoms with Gasteiger partial charge in [-0.25, -0.2) is 8.42 Å². The molecule has 0 saturated carbocycles. The summed E-state index contributed by atoms with van der Waals surface area (Å²) in [6, 6.07) is 9.07. The first kappa shape index (κ1) is 19.2. The van der Waals surface area contributed by atoms with Gasteiger partial charge in [0, 0.05) is 5.02 Å². The molecule has 1 N–H and O–H groups in total. The Morgan fingerprint density at radius 1 is 1.12 bits per heavy atom. The minimum absolute atomic E-state index is 0.102. The van der Waals surface area contributed by atoms with Crippen LogP contribution in [0.5, 0.6) is 11.5 Å². The molecule has 0 fully saturated rings. The zero-order valence-electron chi connectivity index (χ0n) is 12.8. The minimum atomic E-state index is -4.56. The Balaban J connectivity index is 2.29. The van der Waals surface area contributed by atoms with E-state index in [-0.39, 0.29) is 21.4 Å². The van der Waals surface area contributed by atoms with Crippen molar-refractivity contribution in [2.24, 2.45) is 0 Å². The SMILES string of the molecule is COc1ccc(S(=O)(=O)Nc2cc(Cl)ccc2OCC(F)(F)F)cc1. The van der Waals surface area contributed by atoms with Crippen molar-refractivity contribution in [2.75, 3.05) is 18.4 Å². The Morgan fingerprint density at radius 2 is 1.76 bits per heavy atom. The quantitative estimate of drug-likeness (QED) is 0.800. The number of ether oxygens (including phenoxy) is 2. The van der Waals surface area contributed by atoms with E-state index in [2.05, 4.69) is 9.46 Å². The lowest BCUT2D eigenvalue weighted by Crippen LogP contribution is -2.20. The summed E-state index contributed by atoms with van der Waals surface area (Å²) >= 11 is 5.79. The van der Waals surface area contributed by atoms with E-state index in [1.165, 1.54) is 37.4 Å². The summed E-state index contributed by atoms with van der Waals surface area (Å²) < 4.78 is 73.5. The van der Waals surface area contributed by atoms with Gasteiger partial charge in [-0.15, -0.1) is 0 Å². The topological polar surface area (TPSA) is 64.6 Å². The summed E-state index contributed by atoms with van der Waals surface area (Å²) in [4.78, 5) is -0.102. The Bertz CT molecular complexity index is 839. The fourth-order valence-corrected chi connectivity index (χ4v) is 3.06. The molecule has 0 aliphatic carbocycles. The second-order valence-corrected chi connectivity index (χ2v) is 6.94. The highest BCUT2D eigenvalue weighted by atomic mass is 35.5. The molecule has 2 aromatic rings. The molecule has 0 heterocycles. The van der Waals surface area contributed by atoms with Gasteiger partial charge in [-0.1, -0.05) is 11.6 Å².